The standard InChI is InChI=1S/C21H29FN6O2.H3N/c1-13(29)28-7-5-19(26-15-6-8-30-12-15)16(11-28)21(24)27-20-4-3-14(9-17(20)22)18(23)10-25-2;/h3-4,9-10,15,25-26H,5-8,11-12,23H2,1-2H3,(H2,24,27);1H3/b18-10-;. The first-order chi connectivity index (χ1) is 14.4. The molecule has 10 heteroatoms. The smallest absolute Gasteiger partial charge is 0.219 e. The average Bonchev–Trinajstić information content (AvgIpc) is 3.22. The summed E-state index contributed by atoms with van der Waals surface area (Å²) in [7, 11) is 1.72. The molecule has 170 valence electrons. The Labute approximate surface area is 182 Å². The Bertz CT molecular complexity index is 892. The second-order valence-corrected chi connectivity index (χ2v) is 7.40. The molecule has 1 unspecified atom stereocenters. The largest absolute Gasteiger partial charge is 0.397 e. The quantitative estimate of drug-likeness (QED) is 0.335. The van der Waals surface area contributed by atoms with Crippen LogP contribution in [-0.2, 0) is 9.53 Å². The molecule has 0 aromatic heterocycles. The monoisotopic (exact) mass is 433 g/mol. The maximum atomic E-state index is 14.6. The van der Waals surface area contributed by atoms with Gasteiger partial charge in [0.05, 0.1) is 24.9 Å². The summed E-state index contributed by atoms with van der Waals surface area (Å²) < 4.78 is 20.1. The lowest BCUT2D eigenvalue weighted by molar-refractivity contribution is -0.128. The number of hydrogen-bond acceptors (Lipinski definition) is 7. The van der Waals surface area contributed by atoms with Crippen LogP contribution < -0.4 is 28.3 Å². The third-order valence-corrected chi connectivity index (χ3v) is 5.23. The van der Waals surface area contributed by atoms with Crippen LogP contribution in [0.5, 0.6) is 0 Å². The molecule has 9 nitrogen and oxygen atoms in total. The van der Waals surface area contributed by atoms with Crippen LogP contribution >= 0.6 is 0 Å². The molecule has 1 fully saturated rings. The van der Waals surface area contributed by atoms with Crippen molar-refractivity contribution in [2.75, 3.05) is 33.4 Å². The predicted octanol–water partition coefficient (Wildman–Crippen LogP) is 1.34. The zero-order valence-electron chi connectivity index (χ0n) is 18.1. The van der Waals surface area contributed by atoms with Crippen molar-refractivity contribution in [3.05, 3.63) is 47.0 Å². The van der Waals surface area contributed by atoms with Gasteiger partial charge < -0.3 is 37.9 Å². The van der Waals surface area contributed by atoms with Crippen LogP contribution in [0.2, 0.25) is 0 Å². The number of carbonyl (C=O) groups excluding carboxylic acids is 1. The summed E-state index contributed by atoms with van der Waals surface area (Å²) >= 11 is 0. The van der Waals surface area contributed by atoms with E-state index in [0.717, 1.165) is 12.1 Å². The minimum atomic E-state index is -0.526. The SMILES string of the molecule is CN/C=C(\N)c1ccc(N=C(N)C2=C(NC3CCOC3)CCN(C(C)=O)C2)c(F)c1.N. The molecule has 2 aliphatic rings. The van der Waals surface area contributed by atoms with Crippen LogP contribution in [0.3, 0.4) is 0 Å². The van der Waals surface area contributed by atoms with E-state index in [1.165, 1.54) is 19.1 Å². The van der Waals surface area contributed by atoms with Gasteiger partial charge in [-0.25, -0.2) is 9.38 Å². The molecule has 1 aromatic rings. The van der Waals surface area contributed by atoms with Gasteiger partial charge in [0.2, 0.25) is 5.91 Å². The second-order valence-electron chi connectivity index (χ2n) is 7.40. The molecule has 0 bridgehead atoms. The van der Waals surface area contributed by atoms with Crippen LogP contribution in [0, 0.1) is 5.82 Å². The molecule has 31 heavy (non-hydrogen) atoms. The lowest BCUT2D eigenvalue weighted by Crippen LogP contribution is -2.43. The fourth-order valence-electron chi connectivity index (χ4n) is 3.53. The maximum Gasteiger partial charge on any atom is 0.219 e. The maximum absolute atomic E-state index is 14.6. The van der Waals surface area contributed by atoms with E-state index in [1.54, 1.807) is 24.2 Å². The molecular formula is C21H32FN7O2. The number of carbonyl (C=O) groups is 1. The van der Waals surface area contributed by atoms with E-state index in [1.807, 2.05) is 0 Å². The lowest BCUT2D eigenvalue weighted by Gasteiger charge is -2.31. The Morgan fingerprint density at radius 3 is 2.77 bits per heavy atom. The highest BCUT2D eigenvalue weighted by molar-refractivity contribution is 6.00. The number of benzene rings is 1. The first-order valence-electron chi connectivity index (χ1n) is 9.98. The molecule has 2 aliphatic heterocycles. The summed E-state index contributed by atoms with van der Waals surface area (Å²) in [6.07, 6.45) is 3.12. The third kappa shape index (κ3) is 5.96. The predicted molar refractivity (Wildman–Crippen MR) is 120 cm³/mol. The van der Waals surface area contributed by atoms with E-state index in [0.29, 0.717) is 49.6 Å². The summed E-state index contributed by atoms with van der Waals surface area (Å²) in [6, 6.07) is 4.74. The minimum absolute atomic E-state index is 0. The van der Waals surface area contributed by atoms with Gasteiger partial charge in [-0.05, 0) is 18.6 Å². The number of rotatable bonds is 6. The van der Waals surface area contributed by atoms with Gasteiger partial charge >= 0.3 is 0 Å². The number of aliphatic imine (C=N–C) groups is 1. The average molecular weight is 434 g/mol. The van der Waals surface area contributed by atoms with Crippen molar-refractivity contribution in [3.63, 3.8) is 0 Å². The Kier molecular flexibility index (Phi) is 8.40. The molecule has 0 spiro atoms. The van der Waals surface area contributed by atoms with Gasteiger partial charge in [-0.15, -0.1) is 0 Å². The fraction of sp³-hybridized carbons (Fsp3) is 0.429. The van der Waals surface area contributed by atoms with E-state index >= 15 is 0 Å². The van der Waals surface area contributed by atoms with E-state index in [9.17, 15) is 9.18 Å². The number of hydrogen-bond donors (Lipinski definition) is 5. The number of ether oxygens (including phenoxy) is 1. The van der Waals surface area contributed by atoms with Crippen molar-refractivity contribution in [1.29, 1.82) is 0 Å². The Morgan fingerprint density at radius 1 is 1.39 bits per heavy atom. The van der Waals surface area contributed by atoms with Crippen molar-refractivity contribution >= 4 is 23.1 Å². The molecule has 3 rings (SSSR count). The van der Waals surface area contributed by atoms with Gasteiger partial charge in [0, 0.05) is 56.6 Å². The van der Waals surface area contributed by atoms with E-state index < -0.39 is 5.82 Å². The summed E-state index contributed by atoms with van der Waals surface area (Å²) in [6.45, 7) is 3.80. The number of amidine groups is 1. The van der Waals surface area contributed by atoms with Crippen molar-refractivity contribution in [2.45, 2.75) is 25.8 Å². The van der Waals surface area contributed by atoms with E-state index in [-0.39, 0.29) is 29.6 Å². The van der Waals surface area contributed by atoms with Crippen LogP contribution in [0.25, 0.3) is 5.70 Å². The fourth-order valence-corrected chi connectivity index (χ4v) is 3.53. The van der Waals surface area contributed by atoms with Gasteiger partial charge in [0.15, 0.2) is 0 Å². The van der Waals surface area contributed by atoms with Crippen LogP contribution in [-0.4, -0.2) is 56.0 Å². The zero-order chi connectivity index (χ0) is 21.7. The molecule has 0 aliphatic carbocycles. The molecule has 0 radical (unpaired) electrons. The first-order valence-corrected chi connectivity index (χ1v) is 9.98. The number of halogens is 1. The van der Waals surface area contributed by atoms with Crippen molar-refractivity contribution < 1.29 is 13.9 Å². The van der Waals surface area contributed by atoms with Gasteiger partial charge in [0.1, 0.15) is 17.3 Å². The Morgan fingerprint density at radius 2 is 2.16 bits per heavy atom. The second kappa shape index (κ2) is 10.8. The first kappa shape index (κ1) is 24.2. The Balaban J connectivity index is 0.00000341. The molecule has 1 atom stereocenters. The van der Waals surface area contributed by atoms with Crippen molar-refractivity contribution in [1.82, 2.24) is 21.7 Å². The van der Waals surface area contributed by atoms with Crippen LogP contribution in [0.4, 0.5) is 10.1 Å². The molecule has 0 saturated carbocycles. The highest BCUT2D eigenvalue weighted by Crippen LogP contribution is 2.24. The number of nitrogens with zero attached hydrogens (tertiary/aromatic N) is 2. The van der Waals surface area contributed by atoms with E-state index in [4.69, 9.17) is 16.2 Å². The molecule has 1 amide bonds. The van der Waals surface area contributed by atoms with Gasteiger partial charge in [-0.3, -0.25) is 4.79 Å². The van der Waals surface area contributed by atoms with Crippen LogP contribution in [0.1, 0.15) is 25.3 Å². The molecule has 9 N–H and O–H groups in total. The summed E-state index contributed by atoms with van der Waals surface area (Å²) in [5, 5.41) is 6.29. The molecule has 1 saturated heterocycles. The number of nitrogens with two attached hydrogens (primary N) is 2. The summed E-state index contributed by atoms with van der Waals surface area (Å²) in [4.78, 5) is 17.9. The highest BCUT2D eigenvalue weighted by atomic mass is 19.1. The summed E-state index contributed by atoms with van der Waals surface area (Å²) in [5.74, 6) is -0.375. The topological polar surface area (TPSA) is 153 Å². The number of nitrogens with one attached hydrogen (secondary N) is 2. The lowest BCUT2D eigenvalue weighted by atomic mass is 10.0. The van der Waals surface area contributed by atoms with E-state index in [2.05, 4.69) is 15.6 Å². The normalized spacial score (nSPS) is 19.8. The molecular weight excluding hydrogens is 401 g/mol. The van der Waals surface area contributed by atoms with Crippen LogP contribution in [0.15, 0.2) is 40.7 Å². The van der Waals surface area contributed by atoms with Gasteiger partial charge in [0.25, 0.3) is 0 Å². The summed E-state index contributed by atoms with van der Waals surface area (Å²) in [5.41, 5.74) is 14.9. The Hall–Kier alpha value is -3.11. The zero-order valence-corrected chi connectivity index (χ0v) is 18.1. The highest BCUT2D eigenvalue weighted by Gasteiger charge is 2.26. The van der Waals surface area contributed by atoms with Gasteiger partial charge in [-0.1, -0.05) is 6.07 Å². The molecule has 1 aromatic carbocycles. The third-order valence-electron chi connectivity index (χ3n) is 5.23. The van der Waals surface area contributed by atoms with Crippen molar-refractivity contribution in [2.24, 2.45) is 16.5 Å². The van der Waals surface area contributed by atoms with Gasteiger partial charge in [-0.2, -0.15) is 0 Å². The van der Waals surface area contributed by atoms with Crippen molar-refractivity contribution in [3.8, 4) is 0 Å². The number of amides is 1. The minimum Gasteiger partial charge on any atom is -0.397 e. The molecule has 2 heterocycles.